The van der Waals surface area contributed by atoms with Gasteiger partial charge in [-0.2, -0.15) is 5.26 Å². The first-order chi connectivity index (χ1) is 15.4. The second-order valence-corrected chi connectivity index (χ2v) is 8.01. The third-order valence-corrected chi connectivity index (χ3v) is 5.62. The van der Waals surface area contributed by atoms with Crippen LogP contribution in [0, 0.1) is 18.3 Å². The van der Waals surface area contributed by atoms with Gasteiger partial charge in [-0.3, -0.25) is 5.10 Å². The predicted octanol–water partition coefficient (Wildman–Crippen LogP) is 5.22. The van der Waals surface area contributed by atoms with Crippen LogP contribution in [-0.4, -0.2) is 16.8 Å². The number of nitrogens with zero attached hydrogens (tertiary/aromatic N) is 2. The monoisotopic (exact) mass is 470 g/mol. The first-order valence-corrected chi connectivity index (χ1v) is 10.6. The molecule has 3 N–H and O–H groups in total. The number of hydrogen-bond acceptors (Lipinski definition) is 6. The first kappa shape index (κ1) is 21.9. The van der Waals surface area contributed by atoms with E-state index in [-0.39, 0.29) is 18.1 Å². The number of nitrogens with two attached hydrogens (primary N) is 1. The summed E-state index contributed by atoms with van der Waals surface area (Å²) in [7, 11) is 0. The minimum atomic E-state index is -0.510. The molecule has 0 spiro atoms. The Hall–Kier alpha value is -3.34. The van der Waals surface area contributed by atoms with Crippen LogP contribution < -0.4 is 19.9 Å². The molecule has 1 aromatic heterocycles. The van der Waals surface area contributed by atoms with E-state index in [0.717, 1.165) is 16.8 Å². The molecule has 2 heterocycles. The van der Waals surface area contributed by atoms with Crippen LogP contribution in [-0.2, 0) is 6.61 Å². The predicted molar refractivity (Wildman–Crippen MR) is 121 cm³/mol. The van der Waals surface area contributed by atoms with Crippen molar-refractivity contribution in [3.63, 3.8) is 0 Å². The number of nitriles is 1. The fraction of sp³-hybridized carbons (Fsp3) is 0.217. The average Bonchev–Trinajstić information content (AvgIpc) is 3.13. The number of benzene rings is 2. The van der Waals surface area contributed by atoms with Crippen molar-refractivity contribution in [3.8, 4) is 23.4 Å². The van der Waals surface area contributed by atoms with Crippen LogP contribution in [0.5, 0.6) is 17.4 Å². The van der Waals surface area contributed by atoms with Gasteiger partial charge in [-0.05, 0) is 49.2 Å². The minimum absolute atomic E-state index is 0.00801. The Morgan fingerprint density at radius 3 is 2.66 bits per heavy atom. The van der Waals surface area contributed by atoms with Gasteiger partial charge in [0.25, 0.3) is 0 Å². The van der Waals surface area contributed by atoms with Crippen LogP contribution in [0.15, 0.2) is 47.9 Å². The van der Waals surface area contributed by atoms with Gasteiger partial charge < -0.3 is 19.9 Å². The highest BCUT2D eigenvalue weighted by molar-refractivity contribution is 6.32. The standard InChI is InChI=1S/C23H20Cl2N4O3/c1-3-30-18-9-14(8-17(25)21(18)31-11-13-4-6-15(24)7-5-13)20-16(10-26)22(27)32-23-19(20)12(2)28-29-23/h4-9,20H,3,11,27H2,1-2H3,(H,28,29)/t20-/m0/s1. The highest BCUT2D eigenvalue weighted by Crippen LogP contribution is 2.46. The van der Waals surface area contributed by atoms with Crippen molar-refractivity contribution in [2.75, 3.05) is 6.61 Å². The van der Waals surface area contributed by atoms with Crippen LogP contribution in [0.4, 0.5) is 0 Å². The van der Waals surface area contributed by atoms with Gasteiger partial charge in [0.05, 0.1) is 17.5 Å². The van der Waals surface area contributed by atoms with Crippen LogP contribution in [0.25, 0.3) is 0 Å². The lowest BCUT2D eigenvalue weighted by Gasteiger charge is -2.25. The van der Waals surface area contributed by atoms with Crippen molar-refractivity contribution >= 4 is 23.2 Å². The molecule has 1 atom stereocenters. The summed E-state index contributed by atoms with van der Waals surface area (Å²) in [4.78, 5) is 0. The zero-order chi connectivity index (χ0) is 22.8. The summed E-state index contributed by atoms with van der Waals surface area (Å²) < 4.78 is 17.4. The lowest BCUT2D eigenvalue weighted by Crippen LogP contribution is -2.21. The summed E-state index contributed by atoms with van der Waals surface area (Å²) in [6, 6.07) is 13.1. The van der Waals surface area contributed by atoms with Gasteiger partial charge in [-0.25, -0.2) is 0 Å². The lowest BCUT2D eigenvalue weighted by atomic mass is 9.84. The maximum absolute atomic E-state index is 9.78. The average molecular weight is 471 g/mol. The first-order valence-electron chi connectivity index (χ1n) is 9.88. The van der Waals surface area contributed by atoms with E-state index in [9.17, 15) is 5.26 Å². The van der Waals surface area contributed by atoms with E-state index < -0.39 is 5.92 Å². The maximum atomic E-state index is 9.78. The van der Waals surface area contributed by atoms with Crippen molar-refractivity contribution < 1.29 is 14.2 Å². The van der Waals surface area contributed by atoms with Gasteiger partial charge in [0.1, 0.15) is 18.2 Å². The molecule has 0 saturated carbocycles. The number of ether oxygens (including phenoxy) is 3. The number of hydrogen-bond donors (Lipinski definition) is 2. The second kappa shape index (κ2) is 9.03. The zero-order valence-corrected chi connectivity index (χ0v) is 18.9. The van der Waals surface area contributed by atoms with Gasteiger partial charge >= 0.3 is 0 Å². The second-order valence-electron chi connectivity index (χ2n) is 7.17. The molecule has 0 unspecified atom stereocenters. The molecule has 9 heteroatoms. The summed E-state index contributed by atoms with van der Waals surface area (Å²) in [5, 5.41) is 17.8. The van der Waals surface area contributed by atoms with Crippen LogP contribution in [0.1, 0.15) is 35.2 Å². The van der Waals surface area contributed by atoms with Crippen molar-refractivity contribution in [2.45, 2.75) is 26.4 Å². The SMILES string of the molecule is CCOc1cc([C@H]2C(C#N)=C(N)Oc3n[nH]c(C)c32)cc(Cl)c1OCc1ccc(Cl)cc1. The number of aromatic nitrogens is 2. The molecule has 3 aromatic rings. The van der Waals surface area contributed by atoms with Gasteiger partial charge in [0.2, 0.25) is 11.8 Å². The van der Waals surface area contributed by atoms with Crippen molar-refractivity contribution in [1.82, 2.24) is 10.2 Å². The highest BCUT2D eigenvalue weighted by atomic mass is 35.5. The molecule has 7 nitrogen and oxygen atoms in total. The van der Waals surface area contributed by atoms with Gasteiger partial charge in [-0.1, -0.05) is 35.3 Å². The van der Waals surface area contributed by atoms with E-state index in [2.05, 4.69) is 16.3 Å². The molecule has 0 saturated heterocycles. The number of fused-ring (bicyclic) bond motifs is 1. The third-order valence-electron chi connectivity index (χ3n) is 5.09. The Bertz CT molecular complexity index is 1230. The highest BCUT2D eigenvalue weighted by Gasteiger charge is 2.35. The van der Waals surface area contributed by atoms with E-state index >= 15 is 0 Å². The van der Waals surface area contributed by atoms with Gasteiger partial charge in [-0.15, -0.1) is 5.10 Å². The summed E-state index contributed by atoms with van der Waals surface area (Å²) in [6.45, 7) is 4.42. The topological polar surface area (TPSA) is 106 Å². The molecule has 32 heavy (non-hydrogen) atoms. The van der Waals surface area contributed by atoms with Crippen molar-refractivity contribution in [3.05, 3.63) is 80.3 Å². The molecule has 1 aliphatic heterocycles. The van der Waals surface area contributed by atoms with Gasteiger partial charge in [0.15, 0.2) is 11.5 Å². The third kappa shape index (κ3) is 4.07. The van der Waals surface area contributed by atoms with Crippen molar-refractivity contribution in [2.24, 2.45) is 5.73 Å². The summed E-state index contributed by atoms with van der Waals surface area (Å²) in [5.41, 5.74) is 9.42. The fourth-order valence-corrected chi connectivity index (χ4v) is 4.03. The zero-order valence-electron chi connectivity index (χ0n) is 17.4. The Kier molecular flexibility index (Phi) is 6.17. The molecule has 164 valence electrons. The number of aromatic amines is 1. The summed E-state index contributed by atoms with van der Waals surface area (Å²) in [5.74, 6) is 0.715. The van der Waals surface area contributed by atoms with Crippen LogP contribution in [0.2, 0.25) is 10.0 Å². The molecule has 2 aromatic carbocycles. The Morgan fingerprint density at radius 1 is 1.22 bits per heavy atom. The summed E-state index contributed by atoms with van der Waals surface area (Å²) in [6.07, 6.45) is 0. The molecule has 0 radical (unpaired) electrons. The molecule has 0 aliphatic carbocycles. The molecule has 4 rings (SSSR count). The number of aryl methyl sites for hydroxylation is 1. The number of allylic oxidation sites excluding steroid dienone is 1. The smallest absolute Gasteiger partial charge is 0.244 e. The Morgan fingerprint density at radius 2 is 1.97 bits per heavy atom. The number of halogens is 2. The van der Waals surface area contributed by atoms with Gasteiger partial charge in [0, 0.05) is 16.3 Å². The number of H-pyrrole nitrogens is 1. The molecule has 0 amide bonds. The molecular weight excluding hydrogens is 451 g/mol. The Labute approximate surface area is 195 Å². The van der Waals surface area contributed by atoms with E-state index in [1.54, 1.807) is 18.2 Å². The lowest BCUT2D eigenvalue weighted by molar-refractivity contribution is 0.269. The quantitative estimate of drug-likeness (QED) is 0.511. The number of rotatable bonds is 6. The van der Waals surface area contributed by atoms with Crippen LogP contribution in [0.3, 0.4) is 0 Å². The largest absolute Gasteiger partial charge is 0.490 e. The van der Waals surface area contributed by atoms with Crippen molar-refractivity contribution in [1.29, 1.82) is 5.26 Å². The van der Waals surface area contributed by atoms with E-state index in [0.29, 0.717) is 39.6 Å². The molecular formula is C23H20Cl2N4O3. The van der Waals surface area contributed by atoms with E-state index in [1.165, 1.54) is 0 Å². The summed E-state index contributed by atoms with van der Waals surface area (Å²) >= 11 is 12.6. The van der Waals surface area contributed by atoms with E-state index in [4.69, 9.17) is 43.1 Å². The Balaban J connectivity index is 1.75. The van der Waals surface area contributed by atoms with E-state index in [1.807, 2.05) is 32.0 Å². The molecule has 1 aliphatic rings. The van der Waals surface area contributed by atoms with Crippen LogP contribution >= 0.6 is 23.2 Å². The fourth-order valence-electron chi connectivity index (χ4n) is 3.63. The normalized spacial score (nSPS) is 15.0. The number of nitrogens with one attached hydrogen (secondary N) is 1. The molecule has 0 fully saturated rings. The molecule has 0 bridgehead atoms. The maximum Gasteiger partial charge on any atom is 0.244 e. The minimum Gasteiger partial charge on any atom is -0.490 e.